The van der Waals surface area contributed by atoms with E-state index in [0.717, 1.165) is 11.6 Å². The van der Waals surface area contributed by atoms with Crippen molar-refractivity contribution >= 4 is 17.6 Å². The van der Waals surface area contributed by atoms with Gasteiger partial charge in [0, 0.05) is 25.0 Å². The van der Waals surface area contributed by atoms with E-state index in [0.29, 0.717) is 43.0 Å². The predicted molar refractivity (Wildman–Crippen MR) is 139 cm³/mol. The fourth-order valence-corrected chi connectivity index (χ4v) is 4.61. The van der Waals surface area contributed by atoms with Crippen molar-refractivity contribution in [2.45, 2.75) is 44.8 Å². The molecule has 0 fully saturated rings. The van der Waals surface area contributed by atoms with Crippen molar-refractivity contribution in [3.63, 3.8) is 0 Å². The van der Waals surface area contributed by atoms with Crippen LogP contribution in [0.4, 0.5) is 13.2 Å². The Morgan fingerprint density at radius 1 is 1.00 bits per heavy atom. The number of aliphatic carboxylic acids is 1. The summed E-state index contributed by atoms with van der Waals surface area (Å²) >= 11 is 6.20. The second-order valence-electron chi connectivity index (χ2n) is 9.66. The fraction of sp³-hybridized carbons (Fsp3) is 0.345. The van der Waals surface area contributed by atoms with Crippen molar-refractivity contribution in [3.05, 3.63) is 100 Å². The SMILES string of the molecule is CC(C)(CN(CCCOc1cccc(CC(=O)O)c1)Cc1cccc(C(F)(F)F)c1Cl)c1ccccc1. The highest BCUT2D eigenvalue weighted by Gasteiger charge is 2.34. The third kappa shape index (κ3) is 8.51. The monoisotopic (exact) mass is 533 g/mol. The molecule has 0 unspecified atom stereocenters. The number of hydrogen-bond donors (Lipinski definition) is 1. The molecule has 0 atom stereocenters. The molecule has 198 valence electrons. The van der Waals surface area contributed by atoms with Crippen molar-refractivity contribution in [2.24, 2.45) is 0 Å². The molecule has 0 aromatic heterocycles. The van der Waals surface area contributed by atoms with E-state index in [9.17, 15) is 18.0 Å². The molecule has 0 saturated heterocycles. The molecular formula is C29H31ClF3NO3. The maximum absolute atomic E-state index is 13.4. The van der Waals surface area contributed by atoms with Crippen LogP contribution in [0.3, 0.4) is 0 Å². The average Bonchev–Trinajstić information content (AvgIpc) is 2.82. The highest BCUT2D eigenvalue weighted by Crippen LogP contribution is 2.37. The Bertz CT molecular complexity index is 1180. The second kappa shape index (κ2) is 12.5. The number of carboxylic acid groups (broad SMARTS) is 1. The van der Waals surface area contributed by atoms with Crippen LogP contribution in [0.1, 0.15) is 42.5 Å². The first-order chi connectivity index (χ1) is 17.5. The van der Waals surface area contributed by atoms with Gasteiger partial charge in [-0.2, -0.15) is 13.2 Å². The molecule has 4 nitrogen and oxygen atoms in total. The molecule has 0 bridgehead atoms. The van der Waals surface area contributed by atoms with Crippen LogP contribution < -0.4 is 4.74 Å². The van der Waals surface area contributed by atoms with E-state index in [2.05, 4.69) is 18.7 Å². The van der Waals surface area contributed by atoms with Crippen LogP contribution in [-0.4, -0.2) is 35.7 Å². The smallest absolute Gasteiger partial charge is 0.417 e. The summed E-state index contributed by atoms with van der Waals surface area (Å²) in [5.41, 5.74) is 1.10. The van der Waals surface area contributed by atoms with Gasteiger partial charge >= 0.3 is 12.1 Å². The third-order valence-electron chi connectivity index (χ3n) is 6.09. The van der Waals surface area contributed by atoms with Crippen molar-refractivity contribution < 1.29 is 27.8 Å². The molecule has 3 aromatic rings. The van der Waals surface area contributed by atoms with Gasteiger partial charge in [-0.1, -0.05) is 80.0 Å². The van der Waals surface area contributed by atoms with E-state index >= 15 is 0 Å². The molecule has 0 aliphatic heterocycles. The number of alkyl halides is 3. The van der Waals surface area contributed by atoms with Gasteiger partial charge < -0.3 is 9.84 Å². The maximum atomic E-state index is 13.4. The Morgan fingerprint density at radius 3 is 2.38 bits per heavy atom. The molecule has 0 amide bonds. The molecular weight excluding hydrogens is 503 g/mol. The summed E-state index contributed by atoms with van der Waals surface area (Å²) in [5.74, 6) is -0.335. The number of rotatable bonds is 12. The zero-order valence-corrected chi connectivity index (χ0v) is 21.6. The van der Waals surface area contributed by atoms with E-state index in [-0.39, 0.29) is 23.4 Å². The Hall–Kier alpha value is -3.03. The van der Waals surface area contributed by atoms with Crippen molar-refractivity contribution in [1.82, 2.24) is 4.90 Å². The summed E-state index contributed by atoms with van der Waals surface area (Å²) in [7, 11) is 0. The number of halogens is 4. The van der Waals surface area contributed by atoms with Gasteiger partial charge in [0.2, 0.25) is 0 Å². The summed E-state index contributed by atoms with van der Waals surface area (Å²) < 4.78 is 46.1. The zero-order valence-electron chi connectivity index (χ0n) is 20.9. The topological polar surface area (TPSA) is 49.8 Å². The van der Waals surface area contributed by atoms with Gasteiger partial charge in [0.05, 0.1) is 23.6 Å². The zero-order chi connectivity index (χ0) is 27.1. The minimum atomic E-state index is -4.52. The lowest BCUT2D eigenvalue weighted by molar-refractivity contribution is -0.138. The van der Waals surface area contributed by atoms with Crippen LogP contribution in [-0.2, 0) is 29.4 Å². The number of nitrogens with zero attached hydrogens (tertiary/aromatic N) is 1. The summed E-state index contributed by atoms with van der Waals surface area (Å²) in [4.78, 5) is 13.1. The van der Waals surface area contributed by atoms with Crippen LogP contribution in [0.25, 0.3) is 0 Å². The van der Waals surface area contributed by atoms with Gasteiger partial charge in [-0.25, -0.2) is 0 Å². The van der Waals surface area contributed by atoms with Crippen molar-refractivity contribution in [2.75, 3.05) is 19.7 Å². The second-order valence-corrected chi connectivity index (χ2v) is 10.0. The quantitative estimate of drug-likeness (QED) is 0.249. The Morgan fingerprint density at radius 2 is 1.70 bits per heavy atom. The molecule has 0 radical (unpaired) electrons. The number of hydrogen-bond acceptors (Lipinski definition) is 3. The Kier molecular flexibility index (Phi) is 9.62. The molecule has 0 aliphatic rings. The summed E-state index contributed by atoms with van der Waals surface area (Å²) in [6, 6.07) is 20.9. The number of benzene rings is 3. The predicted octanol–water partition coefficient (Wildman–Crippen LogP) is 7.23. The average molecular weight is 534 g/mol. The molecule has 0 saturated carbocycles. The number of carbonyl (C=O) groups is 1. The number of carboxylic acids is 1. The third-order valence-corrected chi connectivity index (χ3v) is 6.54. The molecule has 1 N–H and O–H groups in total. The van der Waals surface area contributed by atoms with Gasteiger partial charge in [-0.15, -0.1) is 0 Å². The summed E-state index contributed by atoms with van der Waals surface area (Å²) in [5, 5.41) is 8.72. The molecule has 0 spiro atoms. The molecule has 37 heavy (non-hydrogen) atoms. The Balaban J connectivity index is 1.73. The van der Waals surface area contributed by atoms with Gasteiger partial charge in [-0.3, -0.25) is 9.69 Å². The lowest BCUT2D eigenvalue weighted by atomic mass is 9.84. The van der Waals surface area contributed by atoms with Gasteiger partial charge in [0.25, 0.3) is 0 Å². The van der Waals surface area contributed by atoms with Gasteiger partial charge in [0.15, 0.2) is 0 Å². The first-order valence-corrected chi connectivity index (χ1v) is 12.4. The summed E-state index contributed by atoms with van der Waals surface area (Å²) in [6.07, 6.45) is -3.99. The highest BCUT2D eigenvalue weighted by atomic mass is 35.5. The van der Waals surface area contributed by atoms with E-state index in [4.69, 9.17) is 21.4 Å². The van der Waals surface area contributed by atoms with Gasteiger partial charge in [0.1, 0.15) is 5.75 Å². The van der Waals surface area contributed by atoms with Crippen LogP contribution in [0.15, 0.2) is 72.8 Å². The molecule has 3 aromatic carbocycles. The van der Waals surface area contributed by atoms with Gasteiger partial charge in [-0.05, 0) is 41.3 Å². The van der Waals surface area contributed by atoms with Crippen molar-refractivity contribution in [3.8, 4) is 5.75 Å². The van der Waals surface area contributed by atoms with Crippen LogP contribution in [0, 0.1) is 0 Å². The van der Waals surface area contributed by atoms with Crippen LogP contribution >= 0.6 is 11.6 Å². The number of ether oxygens (including phenoxy) is 1. The van der Waals surface area contributed by atoms with Crippen molar-refractivity contribution in [1.29, 1.82) is 0 Å². The fourth-order valence-electron chi connectivity index (χ4n) is 4.31. The highest BCUT2D eigenvalue weighted by molar-refractivity contribution is 6.32. The van der Waals surface area contributed by atoms with E-state index < -0.39 is 17.7 Å². The largest absolute Gasteiger partial charge is 0.494 e. The molecule has 3 rings (SSSR count). The minimum absolute atomic E-state index is 0.0860. The first kappa shape index (κ1) is 28.5. The minimum Gasteiger partial charge on any atom is -0.494 e. The molecule has 0 aliphatic carbocycles. The summed E-state index contributed by atoms with van der Waals surface area (Å²) in [6.45, 7) is 6.00. The maximum Gasteiger partial charge on any atom is 0.417 e. The van der Waals surface area contributed by atoms with E-state index in [1.807, 2.05) is 30.3 Å². The Labute approximate surface area is 220 Å². The van der Waals surface area contributed by atoms with Crippen LogP contribution in [0.2, 0.25) is 5.02 Å². The van der Waals surface area contributed by atoms with E-state index in [1.54, 1.807) is 30.3 Å². The normalized spacial score (nSPS) is 12.1. The lowest BCUT2D eigenvalue weighted by Gasteiger charge is -2.33. The van der Waals surface area contributed by atoms with Crippen LogP contribution in [0.5, 0.6) is 5.75 Å². The first-order valence-electron chi connectivity index (χ1n) is 12.0. The molecule has 0 heterocycles. The lowest BCUT2D eigenvalue weighted by Crippen LogP contribution is -2.37. The molecule has 8 heteroatoms. The standard InChI is InChI=1S/C29H31ClF3NO3/c1-28(2,23-11-4-3-5-12-23)20-34(19-22-10-7-14-25(27(22)30)29(31,32)33)15-8-16-37-24-13-6-9-21(17-24)18-26(35)36/h3-7,9-14,17H,8,15-16,18-20H2,1-2H3,(H,35,36). The van der Waals surface area contributed by atoms with E-state index in [1.165, 1.54) is 6.07 Å².